The standard InChI is InChI=1S/C11H17N3O2/c1-2-16-10(15)11(12,9-3-4-9)7-14-6-5-13-8-14/h5-6,8-9H,2-4,7,12H2,1H3. The van der Waals surface area contributed by atoms with Gasteiger partial charge >= 0.3 is 5.97 Å². The molecule has 0 amide bonds. The Morgan fingerprint density at radius 1 is 1.69 bits per heavy atom. The third-order valence-electron chi connectivity index (χ3n) is 2.96. The first-order valence-electron chi connectivity index (χ1n) is 5.58. The van der Waals surface area contributed by atoms with E-state index in [0.717, 1.165) is 12.8 Å². The van der Waals surface area contributed by atoms with E-state index in [1.807, 2.05) is 10.8 Å². The van der Waals surface area contributed by atoms with E-state index in [2.05, 4.69) is 4.98 Å². The van der Waals surface area contributed by atoms with Crippen LogP contribution in [-0.4, -0.2) is 27.7 Å². The fourth-order valence-electron chi connectivity index (χ4n) is 1.91. The number of hydrogen-bond donors (Lipinski definition) is 1. The summed E-state index contributed by atoms with van der Waals surface area (Å²) >= 11 is 0. The summed E-state index contributed by atoms with van der Waals surface area (Å²) in [6, 6.07) is 0. The predicted molar refractivity (Wildman–Crippen MR) is 58.5 cm³/mol. The number of ether oxygens (including phenoxy) is 1. The Labute approximate surface area is 94.6 Å². The smallest absolute Gasteiger partial charge is 0.328 e. The molecule has 1 saturated carbocycles. The molecule has 1 aromatic rings. The van der Waals surface area contributed by atoms with Gasteiger partial charge in [-0.25, -0.2) is 9.78 Å². The first-order chi connectivity index (χ1) is 7.66. The van der Waals surface area contributed by atoms with Crippen molar-refractivity contribution in [1.82, 2.24) is 9.55 Å². The minimum absolute atomic E-state index is 0.244. The third-order valence-corrected chi connectivity index (χ3v) is 2.96. The maximum absolute atomic E-state index is 11.9. The van der Waals surface area contributed by atoms with Gasteiger partial charge in [-0.15, -0.1) is 0 Å². The van der Waals surface area contributed by atoms with Crippen molar-refractivity contribution >= 4 is 5.97 Å². The van der Waals surface area contributed by atoms with Crippen LogP contribution in [-0.2, 0) is 16.1 Å². The number of rotatable bonds is 5. The van der Waals surface area contributed by atoms with Crippen molar-refractivity contribution in [1.29, 1.82) is 0 Å². The molecule has 2 N–H and O–H groups in total. The number of hydrogen-bond acceptors (Lipinski definition) is 4. The Morgan fingerprint density at radius 3 is 2.94 bits per heavy atom. The highest BCUT2D eigenvalue weighted by Gasteiger charge is 2.49. The van der Waals surface area contributed by atoms with Gasteiger partial charge in [0.25, 0.3) is 0 Å². The highest BCUT2D eigenvalue weighted by Crippen LogP contribution is 2.39. The number of aromatic nitrogens is 2. The van der Waals surface area contributed by atoms with Crippen LogP contribution in [0.15, 0.2) is 18.7 Å². The van der Waals surface area contributed by atoms with Gasteiger partial charge in [0.05, 0.1) is 19.5 Å². The van der Waals surface area contributed by atoms with Gasteiger partial charge in [0.15, 0.2) is 0 Å². The SMILES string of the molecule is CCOC(=O)C(N)(Cn1ccnc1)C1CC1. The highest BCUT2D eigenvalue weighted by molar-refractivity contribution is 5.81. The molecule has 2 rings (SSSR count). The lowest BCUT2D eigenvalue weighted by molar-refractivity contribution is -0.151. The molecule has 1 aliphatic carbocycles. The lowest BCUT2D eigenvalue weighted by Gasteiger charge is -2.27. The molecule has 1 fully saturated rings. The summed E-state index contributed by atoms with van der Waals surface area (Å²) in [5.74, 6) is -0.0554. The van der Waals surface area contributed by atoms with Crippen LogP contribution in [0.5, 0.6) is 0 Å². The molecule has 1 aliphatic rings. The van der Waals surface area contributed by atoms with Crippen LogP contribution in [0.3, 0.4) is 0 Å². The summed E-state index contributed by atoms with van der Waals surface area (Å²) in [5.41, 5.74) is 5.31. The minimum Gasteiger partial charge on any atom is -0.465 e. The third kappa shape index (κ3) is 2.09. The number of nitrogens with two attached hydrogens (primary N) is 1. The van der Waals surface area contributed by atoms with Crippen molar-refractivity contribution in [2.24, 2.45) is 11.7 Å². The van der Waals surface area contributed by atoms with E-state index in [-0.39, 0.29) is 11.9 Å². The minimum atomic E-state index is -0.892. The Kier molecular flexibility index (Phi) is 2.96. The first kappa shape index (κ1) is 11.1. The second-order valence-electron chi connectivity index (χ2n) is 4.27. The van der Waals surface area contributed by atoms with Gasteiger partial charge in [-0.3, -0.25) is 0 Å². The molecule has 0 aliphatic heterocycles. The highest BCUT2D eigenvalue weighted by atomic mass is 16.5. The topological polar surface area (TPSA) is 70.1 Å². The second-order valence-corrected chi connectivity index (χ2v) is 4.27. The fourth-order valence-corrected chi connectivity index (χ4v) is 1.91. The van der Waals surface area contributed by atoms with Crippen LogP contribution in [0.4, 0.5) is 0 Å². The van der Waals surface area contributed by atoms with Crippen LogP contribution in [0, 0.1) is 5.92 Å². The van der Waals surface area contributed by atoms with Crippen molar-refractivity contribution in [2.75, 3.05) is 6.61 Å². The molecular weight excluding hydrogens is 206 g/mol. The van der Waals surface area contributed by atoms with E-state index >= 15 is 0 Å². The van der Waals surface area contributed by atoms with Crippen LogP contribution in [0.1, 0.15) is 19.8 Å². The van der Waals surface area contributed by atoms with E-state index in [4.69, 9.17) is 10.5 Å². The number of esters is 1. The first-order valence-corrected chi connectivity index (χ1v) is 5.58. The average Bonchev–Trinajstić information content (AvgIpc) is 3.00. The number of carbonyl (C=O) groups excluding carboxylic acids is 1. The zero-order chi connectivity index (χ0) is 11.6. The van der Waals surface area contributed by atoms with Crippen molar-refractivity contribution in [3.8, 4) is 0 Å². The normalized spacial score (nSPS) is 19.1. The largest absolute Gasteiger partial charge is 0.465 e. The zero-order valence-electron chi connectivity index (χ0n) is 9.43. The lowest BCUT2D eigenvalue weighted by Crippen LogP contribution is -2.54. The zero-order valence-corrected chi connectivity index (χ0v) is 9.43. The van der Waals surface area contributed by atoms with Gasteiger partial charge in [-0.05, 0) is 25.7 Å². The Hall–Kier alpha value is -1.36. The Balaban J connectivity index is 2.12. The van der Waals surface area contributed by atoms with Crippen LogP contribution in [0.2, 0.25) is 0 Å². The maximum atomic E-state index is 11.9. The summed E-state index contributed by atoms with van der Waals surface area (Å²) < 4.78 is 6.89. The van der Waals surface area contributed by atoms with Crippen LogP contribution >= 0.6 is 0 Å². The monoisotopic (exact) mass is 223 g/mol. The van der Waals surface area contributed by atoms with Gasteiger partial charge in [0, 0.05) is 12.4 Å². The van der Waals surface area contributed by atoms with E-state index < -0.39 is 5.54 Å². The van der Waals surface area contributed by atoms with Crippen LogP contribution in [0.25, 0.3) is 0 Å². The van der Waals surface area contributed by atoms with Gasteiger partial charge in [-0.2, -0.15) is 0 Å². The molecule has 5 nitrogen and oxygen atoms in total. The predicted octanol–water partition coefficient (Wildman–Crippen LogP) is 0.554. The lowest BCUT2D eigenvalue weighted by atomic mass is 9.94. The summed E-state index contributed by atoms with van der Waals surface area (Å²) in [6.07, 6.45) is 7.17. The number of imidazole rings is 1. The molecule has 88 valence electrons. The van der Waals surface area contributed by atoms with Gasteiger partial charge in [0.1, 0.15) is 5.54 Å². The molecule has 5 heteroatoms. The molecule has 0 spiro atoms. The van der Waals surface area contributed by atoms with Crippen molar-refractivity contribution in [3.63, 3.8) is 0 Å². The van der Waals surface area contributed by atoms with E-state index in [1.165, 1.54) is 0 Å². The second kappa shape index (κ2) is 4.25. The summed E-state index contributed by atoms with van der Waals surface area (Å²) in [4.78, 5) is 15.8. The molecule has 0 saturated heterocycles. The Bertz CT molecular complexity index is 359. The summed E-state index contributed by atoms with van der Waals surface area (Å²) in [5, 5.41) is 0. The van der Waals surface area contributed by atoms with Gasteiger partial charge < -0.3 is 15.0 Å². The molecular formula is C11H17N3O2. The molecule has 16 heavy (non-hydrogen) atoms. The van der Waals surface area contributed by atoms with Crippen molar-refractivity contribution < 1.29 is 9.53 Å². The molecule has 0 aromatic carbocycles. The van der Waals surface area contributed by atoms with Gasteiger partial charge in [0.2, 0.25) is 0 Å². The average molecular weight is 223 g/mol. The van der Waals surface area contributed by atoms with Crippen molar-refractivity contribution in [3.05, 3.63) is 18.7 Å². The molecule has 0 bridgehead atoms. The van der Waals surface area contributed by atoms with E-state index in [0.29, 0.717) is 13.2 Å². The molecule has 1 unspecified atom stereocenters. The van der Waals surface area contributed by atoms with E-state index in [9.17, 15) is 4.79 Å². The molecule has 1 atom stereocenters. The quantitative estimate of drug-likeness (QED) is 0.740. The molecule has 1 aromatic heterocycles. The van der Waals surface area contributed by atoms with Gasteiger partial charge in [-0.1, -0.05) is 0 Å². The number of carbonyl (C=O) groups is 1. The molecule has 1 heterocycles. The Morgan fingerprint density at radius 2 is 2.44 bits per heavy atom. The summed E-state index contributed by atoms with van der Waals surface area (Å²) in [6.45, 7) is 2.60. The maximum Gasteiger partial charge on any atom is 0.328 e. The van der Waals surface area contributed by atoms with E-state index in [1.54, 1.807) is 19.4 Å². The fraction of sp³-hybridized carbons (Fsp3) is 0.636. The van der Waals surface area contributed by atoms with Crippen molar-refractivity contribution in [2.45, 2.75) is 31.8 Å². The number of nitrogens with zero attached hydrogens (tertiary/aromatic N) is 2. The molecule has 0 radical (unpaired) electrons. The van der Waals surface area contributed by atoms with Crippen LogP contribution < -0.4 is 5.73 Å². The summed E-state index contributed by atoms with van der Waals surface area (Å²) in [7, 11) is 0.